The Morgan fingerprint density at radius 1 is 1.31 bits per heavy atom. The lowest BCUT2D eigenvalue weighted by Gasteiger charge is -2.36. The predicted molar refractivity (Wildman–Crippen MR) is 65.3 cm³/mol. The van der Waals surface area contributed by atoms with E-state index in [-0.39, 0.29) is 5.97 Å². The fraction of sp³-hybridized carbons (Fsp3) is 0.923. The topological polar surface area (TPSA) is 29.5 Å². The Bertz CT molecular complexity index is 216. The largest absolute Gasteiger partial charge is 0.466 e. The summed E-state index contributed by atoms with van der Waals surface area (Å²) in [5.41, 5.74) is 0. The summed E-state index contributed by atoms with van der Waals surface area (Å²) in [7, 11) is 4.29. The maximum absolute atomic E-state index is 11.3. The van der Waals surface area contributed by atoms with Gasteiger partial charge in [-0.05, 0) is 46.2 Å². The Morgan fingerprint density at radius 3 is 2.62 bits per heavy atom. The lowest BCUT2D eigenvalue weighted by Crippen LogP contribution is -2.37. The molecule has 0 aromatic rings. The standard InChI is InChI=1S/C13H25NO2/c1-4-16-13(15)10-9-11-7-5-6-8-12(11)14(2)3/h11-12H,4-10H2,1-3H3/t11-,12-/m1/s1. The third kappa shape index (κ3) is 4.12. The zero-order valence-electron chi connectivity index (χ0n) is 10.9. The molecule has 0 aromatic heterocycles. The highest BCUT2D eigenvalue weighted by Crippen LogP contribution is 2.30. The van der Waals surface area contributed by atoms with E-state index in [0.29, 0.717) is 25.0 Å². The van der Waals surface area contributed by atoms with E-state index >= 15 is 0 Å². The molecule has 3 nitrogen and oxygen atoms in total. The number of carbonyl (C=O) groups is 1. The molecule has 0 unspecified atom stereocenters. The Balaban J connectivity index is 2.35. The first-order valence-electron chi connectivity index (χ1n) is 6.47. The van der Waals surface area contributed by atoms with Crippen molar-refractivity contribution in [2.24, 2.45) is 5.92 Å². The highest BCUT2D eigenvalue weighted by Gasteiger charge is 2.26. The van der Waals surface area contributed by atoms with Crippen LogP contribution in [0, 0.1) is 5.92 Å². The fourth-order valence-corrected chi connectivity index (χ4v) is 2.74. The molecular weight excluding hydrogens is 202 g/mol. The minimum Gasteiger partial charge on any atom is -0.466 e. The van der Waals surface area contributed by atoms with E-state index in [1.54, 1.807) is 0 Å². The molecule has 1 aliphatic carbocycles. The van der Waals surface area contributed by atoms with Gasteiger partial charge in [0.25, 0.3) is 0 Å². The molecule has 2 atom stereocenters. The molecule has 0 spiro atoms. The van der Waals surface area contributed by atoms with Gasteiger partial charge in [-0.2, -0.15) is 0 Å². The van der Waals surface area contributed by atoms with Crippen LogP contribution in [-0.4, -0.2) is 37.6 Å². The number of esters is 1. The van der Waals surface area contributed by atoms with Gasteiger partial charge >= 0.3 is 5.97 Å². The van der Waals surface area contributed by atoms with Crippen molar-refractivity contribution in [3.8, 4) is 0 Å². The normalized spacial score (nSPS) is 25.8. The first-order valence-corrected chi connectivity index (χ1v) is 6.47. The minimum absolute atomic E-state index is 0.0365. The summed E-state index contributed by atoms with van der Waals surface area (Å²) < 4.78 is 4.98. The molecule has 0 radical (unpaired) electrons. The first kappa shape index (κ1) is 13.5. The summed E-state index contributed by atoms with van der Waals surface area (Å²) in [6.07, 6.45) is 6.77. The first-order chi connectivity index (χ1) is 7.65. The SMILES string of the molecule is CCOC(=O)CC[C@H]1CCCC[C@H]1N(C)C. The van der Waals surface area contributed by atoms with E-state index in [1.807, 2.05) is 6.92 Å². The average Bonchev–Trinajstić information content (AvgIpc) is 2.27. The molecule has 0 N–H and O–H groups in total. The van der Waals surface area contributed by atoms with Gasteiger partial charge in [0.2, 0.25) is 0 Å². The lowest BCUT2D eigenvalue weighted by molar-refractivity contribution is -0.143. The van der Waals surface area contributed by atoms with Crippen LogP contribution in [0.25, 0.3) is 0 Å². The summed E-state index contributed by atoms with van der Waals surface area (Å²) in [5.74, 6) is 0.638. The van der Waals surface area contributed by atoms with Gasteiger partial charge in [0.05, 0.1) is 6.61 Å². The smallest absolute Gasteiger partial charge is 0.305 e. The van der Waals surface area contributed by atoms with Crippen molar-refractivity contribution in [2.75, 3.05) is 20.7 Å². The van der Waals surface area contributed by atoms with E-state index in [0.717, 1.165) is 6.42 Å². The molecule has 1 aliphatic rings. The van der Waals surface area contributed by atoms with Crippen LogP contribution < -0.4 is 0 Å². The van der Waals surface area contributed by atoms with Gasteiger partial charge in [0.1, 0.15) is 0 Å². The quantitative estimate of drug-likeness (QED) is 0.676. The van der Waals surface area contributed by atoms with Crippen LogP contribution in [0.2, 0.25) is 0 Å². The summed E-state index contributed by atoms with van der Waals surface area (Å²) in [5, 5.41) is 0. The second-order valence-electron chi connectivity index (χ2n) is 4.92. The van der Waals surface area contributed by atoms with Gasteiger partial charge in [-0.3, -0.25) is 4.79 Å². The summed E-state index contributed by atoms with van der Waals surface area (Å²) >= 11 is 0. The molecule has 1 rings (SSSR count). The van der Waals surface area contributed by atoms with Crippen molar-refractivity contribution >= 4 is 5.97 Å². The molecule has 3 heteroatoms. The van der Waals surface area contributed by atoms with E-state index in [1.165, 1.54) is 25.7 Å². The summed E-state index contributed by atoms with van der Waals surface area (Å²) in [4.78, 5) is 13.6. The second kappa shape index (κ2) is 6.89. The Morgan fingerprint density at radius 2 is 2.00 bits per heavy atom. The van der Waals surface area contributed by atoms with Crippen LogP contribution in [-0.2, 0) is 9.53 Å². The van der Waals surface area contributed by atoms with Gasteiger partial charge in [-0.25, -0.2) is 0 Å². The zero-order chi connectivity index (χ0) is 12.0. The molecule has 16 heavy (non-hydrogen) atoms. The summed E-state index contributed by atoms with van der Waals surface area (Å²) in [6.45, 7) is 2.36. The monoisotopic (exact) mass is 227 g/mol. The van der Waals surface area contributed by atoms with Crippen molar-refractivity contribution in [1.82, 2.24) is 4.90 Å². The molecule has 0 aliphatic heterocycles. The maximum Gasteiger partial charge on any atom is 0.305 e. The minimum atomic E-state index is -0.0365. The lowest BCUT2D eigenvalue weighted by atomic mass is 9.81. The van der Waals surface area contributed by atoms with Gasteiger partial charge in [-0.1, -0.05) is 12.8 Å². The molecule has 0 heterocycles. The van der Waals surface area contributed by atoms with Gasteiger partial charge in [-0.15, -0.1) is 0 Å². The third-order valence-electron chi connectivity index (χ3n) is 3.56. The maximum atomic E-state index is 11.3. The van der Waals surface area contributed by atoms with E-state index < -0.39 is 0 Å². The highest BCUT2D eigenvalue weighted by molar-refractivity contribution is 5.69. The fourth-order valence-electron chi connectivity index (χ4n) is 2.74. The van der Waals surface area contributed by atoms with Crippen LogP contribution in [0.15, 0.2) is 0 Å². The number of ether oxygens (including phenoxy) is 1. The third-order valence-corrected chi connectivity index (χ3v) is 3.56. The van der Waals surface area contributed by atoms with Crippen LogP contribution in [0.4, 0.5) is 0 Å². The summed E-state index contributed by atoms with van der Waals surface area (Å²) in [6, 6.07) is 0.656. The number of nitrogens with zero attached hydrogens (tertiary/aromatic N) is 1. The number of hydrogen-bond donors (Lipinski definition) is 0. The van der Waals surface area contributed by atoms with Gasteiger partial charge in [0.15, 0.2) is 0 Å². The van der Waals surface area contributed by atoms with Crippen LogP contribution in [0.5, 0.6) is 0 Å². The molecule has 1 saturated carbocycles. The van der Waals surface area contributed by atoms with Gasteiger partial charge in [0, 0.05) is 12.5 Å². The molecule has 1 fully saturated rings. The molecule has 0 saturated heterocycles. The van der Waals surface area contributed by atoms with Crippen molar-refractivity contribution in [2.45, 2.75) is 51.5 Å². The number of rotatable bonds is 5. The Labute approximate surface area is 99.1 Å². The molecule has 0 aromatic carbocycles. The van der Waals surface area contributed by atoms with E-state index in [9.17, 15) is 4.79 Å². The van der Waals surface area contributed by atoms with E-state index in [4.69, 9.17) is 4.74 Å². The molecule has 0 amide bonds. The van der Waals surface area contributed by atoms with Crippen molar-refractivity contribution < 1.29 is 9.53 Å². The number of hydrogen-bond acceptors (Lipinski definition) is 3. The highest BCUT2D eigenvalue weighted by atomic mass is 16.5. The zero-order valence-corrected chi connectivity index (χ0v) is 10.9. The average molecular weight is 227 g/mol. The molecule has 0 bridgehead atoms. The predicted octanol–water partition coefficient (Wildman–Crippen LogP) is 2.45. The van der Waals surface area contributed by atoms with Crippen LogP contribution in [0.3, 0.4) is 0 Å². The Kier molecular flexibility index (Phi) is 5.81. The Hall–Kier alpha value is -0.570. The van der Waals surface area contributed by atoms with Crippen LogP contribution in [0.1, 0.15) is 45.4 Å². The second-order valence-corrected chi connectivity index (χ2v) is 4.92. The molecule has 94 valence electrons. The van der Waals surface area contributed by atoms with E-state index in [2.05, 4.69) is 19.0 Å². The van der Waals surface area contributed by atoms with Crippen molar-refractivity contribution in [3.05, 3.63) is 0 Å². The molecular formula is C13H25NO2. The van der Waals surface area contributed by atoms with Crippen molar-refractivity contribution in [1.29, 1.82) is 0 Å². The number of carbonyl (C=O) groups excluding carboxylic acids is 1. The van der Waals surface area contributed by atoms with Crippen LogP contribution >= 0.6 is 0 Å². The van der Waals surface area contributed by atoms with Crippen molar-refractivity contribution in [3.63, 3.8) is 0 Å². The van der Waals surface area contributed by atoms with Gasteiger partial charge < -0.3 is 9.64 Å².